The van der Waals surface area contributed by atoms with Gasteiger partial charge in [0, 0.05) is 0 Å². The van der Waals surface area contributed by atoms with Crippen molar-refractivity contribution in [1.29, 1.82) is 0 Å². The summed E-state index contributed by atoms with van der Waals surface area (Å²) in [6, 6.07) is 11.0. The number of hydrogen-bond donors (Lipinski definition) is 1. The van der Waals surface area contributed by atoms with E-state index in [-0.39, 0.29) is 17.1 Å². The fourth-order valence-electron chi connectivity index (χ4n) is 2.00. The van der Waals surface area contributed by atoms with E-state index < -0.39 is 5.97 Å². The minimum absolute atomic E-state index is 0.0917. The Hall–Kier alpha value is -2.49. The molecular formula is C16H16O4. The zero-order chi connectivity index (χ0) is 14.7. The molecule has 0 aliphatic rings. The number of ether oxygens (including phenoxy) is 2. The number of benzene rings is 2. The van der Waals surface area contributed by atoms with E-state index in [0.29, 0.717) is 0 Å². The molecule has 0 saturated heterocycles. The van der Waals surface area contributed by atoms with Gasteiger partial charge in [0.15, 0.2) is 11.5 Å². The summed E-state index contributed by atoms with van der Waals surface area (Å²) in [6.45, 7) is 2.00. The monoisotopic (exact) mass is 272 g/mol. The summed E-state index contributed by atoms with van der Waals surface area (Å²) in [7, 11) is 2.68. The topological polar surface area (TPSA) is 55.8 Å². The van der Waals surface area contributed by atoms with Crippen molar-refractivity contribution < 1.29 is 19.4 Å². The van der Waals surface area contributed by atoms with E-state index in [1.807, 2.05) is 31.2 Å². The van der Waals surface area contributed by atoms with Gasteiger partial charge in [0.05, 0.1) is 14.2 Å². The van der Waals surface area contributed by atoms with Crippen molar-refractivity contribution in [2.75, 3.05) is 14.2 Å². The first-order valence-electron chi connectivity index (χ1n) is 6.13. The van der Waals surface area contributed by atoms with Crippen molar-refractivity contribution >= 4 is 5.97 Å². The predicted octanol–water partition coefficient (Wildman–Crippen LogP) is 3.16. The van der Waals surface area contributed by atoms with Crippen LogP contribution in [0.4, 0.5) is 0 Å². The van der Waals surface area contributed by atoms with Crippen molar-refractivity contribution in [2.24, 2.45) is 0 Å². The third-order valence-corrected chi connectivity index (χ3v) is 3.06. The van der Waals surface area contributed by atoms with Crippen LogP contribution in [0.25, 0.3) is 11.1 Å². The quantitative estimate of drug-likeness (QED) is 0.872. The number of phenols is 1. The first-order chi connectivity index (χ1) is 9.56. The molecule has 0 bridgehead atoms. The Balaban J connectivity index is 2.58. The number of aryl methyl sites for hydroxylation is 1. The van der Waals surface area contributed by atoms with E-state index in [1.165, 1.54) is 14.2 Å². The van der Waals surface area contributed by atoms with Gasteiger partial charge in [-0.25, -0.2) is 4.79 Å². The SMILES string of the molecule is COC(=O)c1cc(-c2ccc(C)cc2)cc(O)c1OC. The third-order valence-electron chi connectivity index (χ3n) is 3.06. The van der Waals surface area contributed by atoms with Crippen LogP contribution in [-0.4, -0.2) is 25.3 Å². The molecule has 0 heterocycles. The second kappa shape index (κ2) is 5.65. The van der Waals surface area contributed by atoms with E-state index in [2.05, 4.69) is 0 Å². The van der Waals surface area contributed by atoms with E-state index in [0.717, 1.165) is 16.7 Å². The summed E-state index contributed by atoms with van der Waals surface area (Å²) in [5, 5.41) is 10.00. The van der Waals surface area contributed by atoms with Crippen LogP contribution >= 0.6 is 0 Å². The number of rotatable bonds is 3. The lowest BCUT2D eigenvalue weighted by molar-refractivity contribution is 0.0596. The molecule has 104 valence electrons. The normalized spacial score (nSPS) is 10.2. The van der Waals surface area contributed by atoms with Gasteiger partial charge in [0.1, 0.15) is 5.56 Å². The Kier molecular flexibility index (Phi) is 3.94. The Morgan fingerprint density at radius 2 is 1.70 bits per heavy atom. The van der Waals surface area contributed by atoms with Crippen LogP contribution in [0, 0.1) is 6.92 Å². The van der Waals surface area contributed by atoms with E-state index >= 15 is 0 Å². The molecule has 0 radical (unpaired) electrons. The molecular weight excluding hydrogens is 256 g/mol. The number of hydrogen-bond acceptors (Lipinski definition) is 4. The first kappa shape index (κ1) is 13.9. The van der Waals surface area contributed by atoms with Crippen molar-refractivity contribution in [1.82, 2.24) is 0 Å². The maximum absolute atomic E-state index is 11.8. The summed E-state index contributed by atoms with van der Waals surface area (Å²) in [5.41, 5.74) is 2.97. The lowest BCUT2D eigenvalue weighted by Crippen LogP contribution is -2.04. The molecule has 0 amide bonds. The number of carbonyl (C=O) groups excluding carboxylic acids is 1. The van der Waals surface area contributed by atoms with Gasteiger partial charge in [-0.05, 0) is 30.2 Å². The van der Waals surface area contributed by atoms with Crippen LogP contribution in [0.1, 0.15) is 15.9 Å². The number of methoxy groups -OCH3 is 2. The van der Waals surface area contributed by atoms with E-state index in [4.69, 9.17) is 9.47 Å². The molecule has 20 heavy (non-hydrogen) atoms. The van der Waals surface area contributed by atoms with Gasteiger partial charge in [0.25, 0.3) is 0 Å². The molecule has 0 aliphatic heterocycles. The largest absolute Gasteiger partial charge is 0.504 e. The van der Waals surface area contributed by atoms with Gasteiger partial charge >= 0.3 is 5.97 Å². The summed E-state index contributed by atoms with van der Waals surface area (Å²) in [6.07, 6.45) is 0. The molecule has 0 aromatic heterocycles. The fourth-order valence-corrected chi connectivity index (χ4v) is 2.00. The standard InChI is InChI=1S/C16H16O4/c1-10-4-6-11(7-5-10)12-8-13(16(18)20-3)15(19-2)14(17)9-12/h4-9,17H,1-3H3. The van der Waals surface area contributed by atoms with Crippen molar-refractivity contribution in [2.45, 2.75) is 6.92 Å². The van der Waals surface area contributed by atoms with Gasteiger partial charge in [-0.3, -0.25) is 0 Å². The van der Waals surface area contributed by atoms with Gasteiger partial charge in [-0.1, -0.05) is 29.8 Å². The van der Waals surface area contributed by atoms with Gasteiger partial charge in [-0.2, -0.15) is 0 Å². The number of phenolic OH excluding ortho intramolecular Hbond substituents is 1. The molecule has 0 aliphatic carbocycles. The second-order valence-electron chi connectivity index (χ2n) is 4.43. The average molecular weight is 272 g/mol. The smallest absolute Gasteiger partial charge is 0.341 e. The Morgan fingerprint density at radius 1 is 1.05 bits per heavy atom. The highest BCUT2D eigenvalue weighted by atomic mass is 16.5. The first-order valence-corrected chi connectivity index (χ1v) is 6.13. The molecule has 2 aromatic carbocycles. The molecule has 2 rings (SSSR count). The Bertz CT molecular complexity index is 630. The van der Waals surface area contributed by atoms with Crippen LogP contribution in [-0.2, 0) is 4.74 Å². The third kappa shape index (κ3) is 2.59. The zero-order valence-electron chi connectivity index (χ0n) is 11.6. The lowest BCUT2D eigenvalue weighted by atomic mass is 10.0. The average Bonchev–Trinajstić information content (AvgIpc) is 2.46. The van der Waals surface area contributed by atoms with E-state index in [1.54, 1.807) is 12.1 Å². The van der Waals surface area contributed by atoms with Crippen LogP contribution < -0.4 is 4.74 Å². The van der Waals surface area contributed by atoms with Crippen LogP contribution in [0.3, 0.4) is 0 Å². The van der Waals surface area contributed by atoms with Crippen LogP contribution in [0.5, 0.6) is 11.5 Å². The van der Waals surface area contributed by atoms with Gasteiger partial charge in [-0.15, -0.1) is 0 Å². The van der Waals surface area contributed by atoms with E-state index in [9.17, 15) is 9.90 Å². The van der Waals surface area contributed by atoms with Crippen molar-refractivity contribution in [3.05, 3.63) is 47.5 Å². The minimum atomic E-state index is -0.550. The Labute approximate surface area is 117 Å². The minimum Gasteiger partial charge on any atom is -0.504 e. The highest BCUT2D eigenvalue weighted by Gasteiger charge is 2.18. The van der Waals surface area contributed by atoms with Crippen LogP contribution in [0.15, 0.2) is 36.4 Å². The Morgan fingerprint density at radius 3 is 2.25 bits per heavy atom. The fraction of sp³-hybridized carbons (Fsp3) is 0.188. The number of carbonyl (C=O) groups is 1. The van der Waals surface area contributed by atoms with Crippen LogP contribution in [0.2, 0.25) is 0 Å². The zero-order valence-corrected chi connectivity index (χ0v) is 11.6. The molecule has 1 N–H and O–H groups in total. The molecule has 0 atom stereocenters. The molecule has 0 saturated carbocycles. The molecule has 0 spiro atoms. The number of aromatic hydroxyl groups is 1. The van der Waals surface area contributed by atoms with Gasteiger partial charge < -0.3 is 14.6 Å². The van der Waals surface area contributed by atoms with Crippen molar-refractivity contribution in [3.8, 4) is 22.6 Å². The maximum atomic E-state index is 11.8. The number of esters is 1. The molecule has 4 nitrogen and oxygen atoms in total. The lowest BCUT2D eigenvalue weighted by Gasteiger charge is -2.11. The molecule has 2 aromatic rings. The van der Waals surface area contributed by atoms with Gasteiger partial charge in [0.2, 0.25) is 0 Å². The summed E-state index contributed by atoms with van der Waals surface area (Å²) >= 11 is 0. The summed E-state index contributed by atoms with van der Waals surface area (Å²) in [5.74, 6) is -0.523. The highest BCUT2D eigenvalue weighted by Crippen LogP contribution is 2.36. The second-order valence-corrected chi connectivity index (χ2v) is 4.43. The summed E-state index contributed by atoms with van der Waals surface area (Å²) in [4.78, 5) is 11.8. The molecule has 0 fully saturated rings. The van der Waals surface area contributed by atoms with Crippen molar-refractivity contribution in [3.63, 3.8) is 0 Å². The molecule has 0 unspecified atom stereocenters. The molecule has 4 heteroatoms. The highest BCUT2D eigenvalue weighted by molar-refractivity contribution is 5.95. The predicted molar refractivity (Wildman–Crippen MR) is 76.2 cm³/mol. The maximum Gasteiger partial charge on any atom is 0.341 e. The summed E-state index contributed by atoms with van der Waals surface area (Å²) < 4.78 is 9.77.